The number of benzene rings is 1. The van der Waals surface area contributed by atoms with Crippen LogP contribution in [0.4, 0.5) is 0 Å². The van der Waals surface area contributed by atoms with Crippen LogP contribution in [0.5, 0.6) is 0 Å². The molecule has 0 aliphatic carbocycles. The van der Waals surface area contributed by atoms with Gasteiger partial charge in [-0.15, -0.1) is 11.8 Å². The smallest absolute Gasteiger partial charge is 0.0462 e. The van der Waals surface area contributed by atoms with Gasteiger partial charge in [-0.3, -0.25) is 0 Å². The van der Waals surface area contributed by atoms with Crippen molar-refractivity contribution in [2.45, 2.75) is 43.9 Å². The maximum Gasteiger partial charge on any atom is 0.0462 e. The Bertz CT molecular complexity index is 328. The third kappa shape index (κ3) is 4.36. The molecule has 0 saturated heterocycles. The van der Waals surface area contributed by atoms with Gasteiger partial charge in [-0.2, -0.15) is 0 Å². The fourth-order valence-corrected chi connectivity index (χ4v) is 2.60. The molecule has 1 rings (SSSR count). The highest BCUT2D eigenvalue weighted by atomic mass is 35.5. The number of halogens is 1. The monoisotopic (exact) mass is 257 g/mol. The SMILES string of the molecule is CCNCc1ccc(SC(C)CC)cc1Cl. The van der Waals surface area contributed by atoms with Crippen molar-refractivity contribution >= 4 is 23.4 Å². The van der Waals surface area contributed by atoms with E-state index >= 15 is 0 Å². The Kier molecular flexibility index (Phi) is 6.25. The van der Waals surface area contributed by atoms with Crippen molar-refractivity contribution in [1.29, 1.82) is 0 Å². The van der Waals surface area contributed by atoms with Gasteiger partial charge in [-0.25, -0.2) is 0 Å². The summed E-state index contributed by atoms with van der Waals surface area (Å²) in [5, 5.41) is 4.80. The average molecular weight is 258 g/mol. The van der Waals surface area contributed by atoms with E-state index in [1.165, 1.54) is 16.9 Å². The number of nitrogens with one attached hydrogen (secondary N) is 1. The molecule has 0 spiro atoms. The predicted octanol–water partition coefficient (Wildman–Crippen LogP) is 4.34. The third-order valence-corrected chi connectivity index (χ3v) is 4.12. The van der Waals surface area contributed by atoms with E-state index in [0.717, 1.165) is 18.1 Å². The molecule has 1 atom stereocenters. The van der Waals surface area contributed by atoms with E-state index in [1.54, 1.807) is 0 Å². The van der Waals surface area contributed by atoms with E-state index in [0.29, 0.717) is 5.25 Å². The first kappa shape index (κ1) is 13.9. The summed E-state index contributed by atoms with van der Waals surface area (Å²) in [6.07, 6.45) is 1.18. The van der Waals surface area contributed by atoms with Gasteiger partial charge in [0.15, 0.2) is 0 Å². The summed E-state index contributed by atoms with van der Waals surface area (Å²) >= 11 is 8.12. The van der Waals surface area contributed by atoms with Crippen LogP contribution in [-0.4, -0.2) is 11.8 Å². The van der Waals surface area contributed by atoms with Crippen LogP contribution in [0.3, 0.4) is 0 Å². The zero-order chi connectivity index (χ0) is 12.0. The lowest BCUT2D eigenvalue weighted by atomic mass is 10.2. The number of hydrogen-bond donors (Lipinski definition) is 1. The minimum atomic E-state index is 0.649. The molecule has 16 heavy (non-hydrogen) atoms. The quantitative estimate of drug-likeness (QED) is 0.761. The molecule has 0 aromatic heterocycles. The molecule has 0 fully saturated rings. The van der Waals surface area contributed by atoms with Crippen LogP contribution >= 0.6 is 23.4 Å². The van der Waals surface area contributed by atoms with Gasteiger partial charge in [-0.1, -0.05) is 38.4 Å². The van der Waals surface area contributed by atoms with Crippen LogP contribution in [0.15, 0.2) is 23.1 Å². The predicted molar refractivity (Wildman–Crippen MR) is 74.4 cm³/mol. The Hall–Kier alpha value is -0.180. The van der Waals surface area contributed by atoms with Gasteiger partial charge >= 0.3 is 0 Å². The molecule has 1 N–H and O–H groups in total. The molecule has 0 aliphatic heterocycles. The highest BCUT2D eigenvalue weighted by Gasteiger charge is 2.05. The topological polar surface area (TPSA) is 12.0 Å². The first-order valence-corrected chi connectivity index (χ1v) is 7.08. The van der Waals surface area contributed by atoms with Gasteiger partial charge in [0.2, 0.25) is 0 Å². The van der Waals surface area contributed by atoms with E-state index in [4.69, 9.17) is 11.6 Å². The Balaban J connectivity index is 2.66. The fourth-order valence-electron chi connectivity index (χ4n) is 1.32. The van der Waals surface area contributed by atoms with Crippen LogP contribution in [0, 0.1) is 0 Å². The molecule has 90 valence electrons. The van der Waals surface area contributed by atoms with Crippen molar-refractivity contribution in [2.75, 3.05) is 6.54 Å². The largest absolute Gasteiger partial charge is 0.313 e. The van der Waals surface area contributed by atoms with Crippen molar-refractivity contribution in [2.24, 2.45) is 0 Å². The second kappa shape index (κ2) is 7.21. The molecule has 1 unspecified atom stereocenters. The Morgan fingerprint density at radius 2 is 2.12 bits per heavy atom. The molecule has 1 nitrogen and oxygen atoms in total. The van der Waals surface area contributed by atoms with E-state index < -0.39 is 0 Å². The number of hydrogen-bond acceptors (Lipinski definition) is 2. The zero-order valence-electron chi connectivity index (χ0n) is 10.2. The van der Waals surface area contributed by atoms with Crippen LogP contribution in [0.25, 0.3) is 0 Å². The molecule has 0 heterocycles. The van der Waals surface area contributed by atoms with E-state index in [2.05, 4.69) is 44.3 Å². The van der Waals surface area contributed by atoms with Gasteiger partial charge in [0.25, 0.3) is 0 Å². The summed E-state index contributed by atoms with van der Waals surface area (Å²) in [5.41, 5.74) is 1.18. The molecule has 0 aliphatic rings. The van der Waals surface area contributed by atoms with Gasteiger partial charge in [-0.05, 0) is 30.7 Å². The molecule has 0 amide bonds. The maximum atomic E-state index is 6.24. The molecule has 1 aromatic rings. The second-order valence-corrected chi connectivity index (χ2v) is 5.79. The maximum absolute atomic E-state index is 6.24. The third-order valence-electron chi connectivity index (χ3n) is 2.50. The molecule has 3 heteroatoms. The van der Waals surface area contributed by atoms with E-state index in [-0.39, 0.29) is 0 Å². The lowest BCUT2D eigenvalue weighted by Gasteiger charge is -2.10. The first-order valence-electron chi connectivity index (χ1n) is 5.83. The lowest BCUT2D eigenvalue weighted by molar-refractivity contribution is 0.726. The fraction of sp³-hybridized carbons (Fsp3) is 0.538. The van der Waals surface area contributed by atoms with Crippen molar-refractivity contribution in [3.8, 4) is 0 Å². The van der Waals surface area contributed by atoms with Crippen LogP contribution in [0.2, 0.25) is 5.02 Å². The molecular formula is C13H20ClNS. The molecule has 0 saturated carbocycles. The highest BCUT2D eigenvalue weighted by Crippen LogP contribution is 2.29. The minimum Gasteiger partial charge on any atom is -0.313 e. The van der Waals surface area contributed by atoms with E-state index in [1.807, 2.05) is 11.8 Å². The van der Waals surface area contributed by atoms with E-state index in [9.17, 15) is 0 Å². The normalized spacial score (nSPS) is 12.8. The van der Waals surface area contributed by atoms with Gasteiger partial charge in [0.05, 0.1) is 0 Å². The summed E-state index contributed by atoms with van der Waals surface area (Å²) in [5.74, 6) is 0. The standard InChI is InChI=1S/C13H20ClNS/c1-4-10(3)16-12-7-6-11(9-15-5-2)13(14)8-12/h6-8,10,15H,4-5,9H2,1-3H3. The molecular weight excluding hydrogens is 238 g/mol. The average Bonchev–Trinajstić information content (AvgIpc) is 2.28. The summed E-state index contributed by atoms with van der Waals surface area (Å²) in [4.78, 5) is 1.26. The lowest BCUT2D eigenvalue weighted by Crippen LogP contribution is -2.11. The molecule has 0 bridgehead atoms. The summed E-state index contributed by atoms with van der Waals surface area (Å²) < 4.78 is 0. The number of thioether (sulfide) groups is 1. The minimum absolute atomic E-state index is 0.649. The highest BCUT2D eigenvalue weighted by molar-refractivity contribution is 7.99. The summed E-state index contributed by atoms with van der Waals surface area (Å²) in [6.45, 7) is 8.37. The zero-order valence-corrected chi connectivity index (χ0v) is 11.8. The van der Waals surface area contributed by atoms with Gasteiger partial charge < -0.3 is 5.32 Å². The summed E-state index contributed by atoms with van der Waals surface area (Å²) in [6, 6.07) is 6.36. The van der Waals surface area contributed by atoms with Gasteiger partial charge in [0, 0.05) is 21.7 Å². The molecule has 0 radical (unpaired) electrons. The van der Waals surface area contributed by atoms with Crippen LogP contribution in [-0.2, 0) is 6.54 Å². The first-order chi connectivity index (χ1) is 7.67. The van der Waals surface area contributed by atoms with Gasteiger partial charge in [0.1, 0.15) is 0 Å². The second-order valence-electron chi connectivity index (χ2n) is 3.87. The van der Waals surface area contributed by atoms with Crippen molar-refractivity contribution in [1.82, 2.24) is 5.32 Å². The number of rotatable bonds is 6. The summed E-state index contributed by atoms with van der Waals surface area (Å²) in [7, 11) is 0. The Morgan fingerprint density at radius 1 is 1.38 bits per heavy atom. The van der Waals surface area contributed by atoms with Crippen LogP contribution in [0.1, 0.15) is 32.8 Å². The van der Waals surface area contributed by atoms with Crippen molar-refractivity contribution in [3.05, 3.63) is 28.8 Å². The van der Waals surface area contributed by atoms with Crippen LogP contribution < -0.4 is 5.32 Å². The molecule has 1 aromatic carbocycles. The Labute approximate surface area is 108 Å². The Morgan fingerprint density at radius 3 is 2.69 bits per heavy atom. The van der Waals surface area contributed by atoms with Crippen molar-refractivity contribution in [3.63, 3.8) is 0 Å². The van der Waals surface area contributed by atoms with Crippen molar-refractivity contribution < 1.29 is 0 Å².